The van der Waals surface area contributed by atoms with E-state index < -0.39 is 17.7 Å². The van der Waals surface area contributed by atoms with Crippen LogP contribution in [0, 0.1) is 0 Å². The Morgan fingerprint density at radius 1 is 1.27 bits per heavy atom. The third-order valence-electron chi connectivity index (χ3n) is 2.78. The van der Waals surface area contributed by atoms with E-state index in [1.54, 1.807) is 6.92 Å². The molecule has 1 aromatic carbocycles. The minimum absolute atomic E-state index is 0.0116. The Morgan fingerprint density at radius 2 is 1.91 bits per heavy atom. The van der Waals surface area contributed by atoms with Crippen LogP contribution in [0.4, 0.5) is 19.0 Å². The molecule has 0 saturated heterocycles. The van der Waals surface area contributed by atoms with Crippen LogP contribution in [-0.4, -0.2) is 22.5 Å². The fourth-order valence-electron chi connectivity index (χ4n) is 1.71. The first kappa shape index (κ1) is 15.7. The number of aromatic nitrogens is 2. The highest BCUT2D eigenvalue weighted by Gasteiger charge is 2.30. The summed E-state index contributed by atoms with van der Waals surface area (Å²) < 4.78 is 42.3. The predicted octanol–water partition coefficient (Wildman–Crippen LogP) is 2.92. The molecule has 0 saturated carbocycles. The van der Waals surface area contributed by atoms with E-state index in [9.17, 15) is 18.0 Å². The lowest BCUT2D eigenvalue weighted by molar-refractivity contribution is -0.137. The summed E-state index contributed by atoms with van der Waals surface area (Å²) in [5, 5.41) is 0. The summed E-state index contributed by atoms with van der Waals surface area (Å²) in [5.74, 6) is -0.624. The molecule has 0 amide bonds. The van der Waals surface area contributed by atoms with Gasteiger partial charge in [-0.1, -0.05) is 12.1 Å². The first-order valence-electron chi connectivity index (χ1n) is 6.30. The van der Waals surface area contributed by atoms with Gasteiger partial charge in [0.2, 0.25) is 0 Å². The van der Waals surface area contributed by atoms with E-state index in [4.69, 9.17) is 10.5 Å². The van der Waals surface area contributed by atoms with E-state index in [-0.39, 0.29) is 23.8 Å². The van der Waals surface area contributed by atoms with E-state index in [1.165, 1.54) is 18.3 Å². The topological polar surface area (TPSA) is 78.1 Å². The van der Waals surface area contributed by atoms with Crippen molar-refractivity contribution >= 4 is 11.8 Å². The molecule has 116 valence electrons. The zero-order valence-corrected chi connectivity index (χ0v) is 11.5. The summed E-state index contributed by atoms with van der Waals surface area (Å²) in [6.45, 7) is 1.82. The Hall–Kier alpha value is -2.64. The molecule has 0 spiro atoms. The summed E-state index contributed by atoms with van der Waals surface area (Å²) in [5.41, 5.74) is 5.25. The Morgan fingerprint density at radius 3 is 2.41 bits per heavy atom. The summed E-state index contributed by atoms with van der Waals surface area (Å²) in [6.07, 6.45) is -3.22. The van der Waals surface area contributed by atoms with Gasteiger partial charge in [-0.25, -0.2) is 14.8 Å². The number of ether oxygens (including phenoxy) is 1. The lowest BCUT2D eigenvalue weighted by Gasteiger charge is -2.08. The van der Waals surface area contributed by atoms with Crippen molar-refractivity contribution in [3.05, 3.63) is 41.6 Å². The van der Waals surface area contributed by atoms with Crippen molar-refractivity contribution < 1.29 is 22.7 Å². The lowest BCUT2D eigenvalue weighted by atomic mass is 10.1. The normalized spacial score (nSPS) is 11.3. The van der Waals surface area contributed by atoms with Crippen LogP contribution in [0.1, 0.15) is 22.8 Å². The fraction of sp³-hybridized carbons (Fsp3) is 0.214. The molecule has 2 N–H and O–H groups in total. The largest absolute Gasteiger partial charge is 0.462 e. The molecular weight excluding hydrogens is 299 g/mol. The zero-order valence-electron chi connectivity index (χ0n) is 11.5. The highest BCUT2D eigenvalue weighted by atomic mass is 19.4. The smallest absolute Gasteiger partial charge is 0.416 e. The summed E-state index contributed by atoms with van der Waals surface area (Å²) >= 11 is 0. The van der Waals surface area contributed by atoms with Crippen molar-refractivity contribution in [2.45, 2.75) is 13.1 Å². The van der Waals surface area contributed by atoms with Crippen molar-refractivity contribution in [2.24, 2.45) is 0 Å². The Labute approximate surface area is 123 Å². The first-order valence-corrected chi connectivity index (χ1v) is 6.30. The molecule has 0 aliphatic rings. The number of carbonyl (C=O) groups excluding carboxylic acids is 1. The number of anilines is 1. The molecule has 0 fully saturated rings. The number of carbonyl (C=O) groups is 1. The SMILES string of the molecule is CCOC(=O)c1cnc(-c2ccc(C(F)(F)F)cc2)nc1N. The highest BCUT2D eigenvalue weighted by Crippen LogP contribution is 2.30. The molecule has 0 atom stereocenters. The van der Waals surface area contributed by atoms with Gasteiger partial charge >= 0.3 is 12.1 Å². The van der Waals surface area contributed by atoms with Crippen molar-refractivity contribution in [1.82, 2.24) is 9.97 Å². The van der Waals surface area contributed by atoms with Gasteiger partial charge in [0, 0.05) is 11.8 Å². The minimum Gasteiger partial charge on any atom is -0.462 e. The number of benzene rings is 1. The van der Waals surface area contributed by atoms with Crippen molar-refractivity contribution in [3.8, 4) is 11.4 Å². The average Bonchev–Trinajstić information content (AvgIpc) is 2.46. The minimum atomic E-state index is -4.41. The third-order valence-corrected chi connectivity index (χ3v) is 2.78. The van der Waals surface area contributed by atoms with Gasteiger partial charge in [0.05, 0.1) is 12.2 Å². The van der Waals surface area contributed by atoms with Crippen molar-refractivity contribution in [2.75, 3.05) is 12.3 Å². The van der Waals surface area contributed by atoms with Gasteiger partial charge in [0.25, 0.3) is 0 Å². The number of hydrogen-bond acceptors (Lipinski definition) is 5. The molecule has 5 nitrogen and oxygen atoms in total. The van der Waals surface area contributed by atoms with Gasteiger partial charge in [-0.15, -0.1) is 0 Å². The van der Waals surface area contributed by atoms with E-state index in [1.807, 2.05) is 0 Å². The van der Waals surface area contributed by atoms with E-state index in [0.29, 0.717) is 5.56 Å². The van der Waals surface area contributed by atoms with Crippen LogP contribution in [0.5, 0.6) is 0 Å². The molecular formula is C14H12F3N3O2. The number of nitrogens with zero attached hydrogens (tertiary/aromatic N) is 2. The standard InChI is InChI=1S/C14H12F3N3O2/c1-2-22-13(21)10-7-19-12(20-11(10)18)8-3-5-9(6-4-8)14(15,16)17/h3-7H,2H2,1H3,(H2,18,19,20). The Balaban J connectivity index is 2.30. The maximum atomic E-state index is 12.5. The van der Waals surface area contributed by atoms with Gasteiger partial charge in [0.1, 0.15) is 11.4 Å². The van der Waals surface area contributed by atoms with Crippen LogP contribution >= 0.6 is 0 Å². The number of halogens is 3. The van der Waals surface area contributed by atoms with E-state index in [0.717, 1.165) is 12.1 Å². The molecule has 8 heteroatoms. The molecule has 22 heavy (non-hydrogen) atoms. The van der Waals surface area contributed by atoms with Crippen LogP contribution < -0.4 is 5.73 Å². The zero-order chi connectivity index (χ0) is 16.3. The third kappa shape index (κ3) is 3.33. The monoisotopic (exact) mass is 311 g/mol. The molecule has 1 aromatic heterocycles. The van der Waals surface area contributed by atoms with Crippen molar-refractivity contribution in [3.63, 3.8) is 0 Å². The molecule has 1 heterocycles. The maximum Gasteiger partial charge on any atom is 0.416 e. The number of alkyl halides is 3. The summed E-state index contributed by atoms with van der Waals surface area (Å²) in [6, 6.07) is 4.32. The average molecular weight is 311 g/mol. The maximum absolute atomic E-state index is 12.5. The van der Waals surface area contributed by atoms with Gasteiger partial charge in [-0.05, 0) is 19.1 Å². The number of nitrogen functional groups attached to an aromatic ring is 1. The van der Waals surface area contributed by atoms with Gasteiger partial charge < -0.3 is 10.5 Å². The number of esters is 1. The second-order valence-corrected chi connectivity index (χ2v) is 4.29. The van der Waals surface area contributed by atoms with E-state index in [2.05, 4.69) is 9.97 Å². The molecule has 0 aliphatic carbocycles. The van der Waals surface area contributed by atoms with Crippen LogP contribution in [0.3, 0.4) is 0 Å². The van der Waals surface area contributed by atoms with Gasteiger partial charge in [-0.2, -0.15) is 13.2 Å². The quantitative estimate of drug-likeness (QED) is 0.882. The second kappa shape index (κ2) is 6.00. The Kier molecular flexibility index (Phi) is 4.30. The predicted molar refractivity (Wildman–Crippen MR) is 72.8 cm³/mol. The Bertz CT molecular complexity index is 685. The van der Waals surface area contributed by atoms with Gasteiger partial charge in [0.15, 0.2) is 5.82 Å². The van der Waals surface area contributed by atoms with Crippen LogP contribution in [0.25, 0.3) is 11.4 Å². The highest BCUT2D eigenvalue weighted by molar-refractivity contribution is 5.94. The summed E-state index contributed by atoms with van der Waals surface area (Å²) in [4.78, 5) is 19.4. The first-order chi connectivity index (χ1) is 10.3. The molecule has 2 rings (SSSR count). The fourth-order valence-corrected chi connectivity index (χ4v) is 1.71. The molecule has 0 unspecified atom stereocenters. The summed E-state index contributed by atoms with van der Waals surface area (Å²) in [7, 11) is 0. The number of nitrogens with two attached hydrogens (primary N) is 1. The lowest BCUT2D eigenvalue weighted by Crippen LogP contribution is -2.10. The van der Waals surface area contributed by atoms with Crippen LogP contribution in [-0.2, 0) is 10.9 Å². The number of hydrogen-bond donors (Lipinski definition) is 1. The molecule has 0 aliphatic heterocycles. The molecule has 0 bridgehead atoms. The van der Waals surface area contributed by atoms with Gasteiger partial charge in [-0.3, -0.25) is 0 Å². The van der Waals surface area contributed by atoms with Crippen molar-refractivity contribution in [1.29, 1.82) is 0 Å². The molecule has 0 radical (unpaired) electrons. The van der Waals surface area contributed by atoms with E-state index >= 15 is 0 Å². The van der Waals surface area contributed by atoms with Crippen LogP contribution in [0.15, 0.2) is 30.5 Å². The van der Waals surface area contributed by atoms with Crippen LogP contribution in [0.2, 0.25) is 0 Å². The number of rotatable bonds is 3. The second-order valence-electron chi connectivity index (χ2n) is 4.29. The molecule has 2 aromatic rings.